The molecule has 0 saturated carbocycles. The number of sulfonamides is 1. The molecule has 0 unspecified atom stereocenters. The molecule has 11 heteroatoms. The Bertz CT molecular complexity index is 895. The van der Waals surface area contributed by atoms with Crippen molar-refractivity contribution in [2.24, 2.45) is 4.99 Å². The second-order valence-corrected chi connectivity index (χ2v) is 8.66. The van der Waals surface area contributed by atoms with Crippen LogP contribution in [-0.4, -0.2) is 69.1 Å². The summed E-state index contributed by atoms with van der Waals surface area (Å²) >= 11 is 0. The van der Waals surface area contributed by atoms with Crippen LogP contribution in [0.2, 0.25) is 0 Å². The Balaban J connectivity index is 0.00000320. The molecule has 0 aliphatic carbocycles. The molecule has 1 aromatic carbocycles. The summed E-state index contributed by atoms with van der Waals surface area (Å²) in [5.41, 5.74) is 1.91. The van der Waals surface area contributed by atoms with E-state index in [1.165, 1.54) is 7.05 Å². The molecule has 0 bridgehead atoms. The number of hydrogen-bond donors (Lipinski definition) is 2. The lowest BCUT2D eigenvalue weighted by Gasteiger charge is -2.36. The number of halogens is 1. The van der Waals surface area contributed by atoms with Crippen LogP contribution in [0.1, 0.15) is 18.2 Å². The van der Waals surface area contributed by atoms with Crippen LogP contribution in [-0.2, 0) is 23.1 Å². The second kappa shape index (κ2) is 11.6. The fourth-order valence-electron chi connectivity index (χ4n) is 3.15. The van der Waals surface area contributed by atoms with Crippen LogP contribution < -0.4 is 10.0 Å². The Kier molecular flexibility index (Phi) is 9.52. The van der Waals surface area contributed by atoms with Gasteiger partial charge in [0.05, 0.1) is 17.1 Å². The van der Waals surface area contributed by atoms with Gasteiger partial charge >= 0.3 is 0 Å². The van der Waals surface area contributed by atoms with Gasteiger partial charge in [0, 0.05) is 45.3 Å². The van der Waals surface area contributed by atoms with Crippen molar-refractivity contribution >= 4 is 40.0 Å². The van der Waals surface area contributed by atoms with Gasteiger partial charge < -0.3 is 14.7 Å². The van der Waals surface area contributed by atoms with Gasteiger partial charge in [-0.25, -0.2) is 18.1 Å². The van der Waals surface area contributed by atoms with Gasteiger partial charge in [-0.05, 0) is 31.7 Å². The zero-order valence-electron chi connectivity index (χ0n) is 17.2. The number of nitrogens with one attached hydrogen (secondary N) is 2. The normalized spacial score (nSPS) is 15.7. The van der Waals surface area contributed by atoms with Crippen molar-refractivity contribution in [3.05, 3.63) is 47.9 Å². The van der Waals surface area contributed by atoms with Crippen molar-refractivity contribution in [1.29, 1.82) is 0 Å². The number of hydrogen-bond acceptors (Lipinski definition) is 6. The zero-order valence-corrected chi connectivity index (χ0v) is 20.4. The third-order valence-corrected chi connectivity index (χ3v) is 6.23. The standard InChI is InChI=1S/C19H28N6O3S.HI/c1-3-21-19(22-14-16-4-6-18(7-5-16)29(26,27)20-2)25-11-9-24(10-12-25)15-17-8-13-28-23-17;/h4-8,13,20H,3,9-12,14-15H2,1-2H3,(H,21,22);1H. The number of benzene rings is 1. The molecular weight excluding hydrogens is 519 g/mol. The molecule has 3 rings (SSSR count). The van der Waals surface area contributed by atoms with E-state index >= 15 is 0 Å². The lowest BCUT2D eigenvalue weighted by Crippen LogP contribution is -2.52. The highest BCUT2D eigenvalue weighted by molar-refractivity contribution is 14.0. The molecule has 1 fully saturated rings. The van der Waals surface area contributed by atoms with Crippen molar-refractivity contribution < 1.29 is 12.9 Å². The molecule has 30 heavy (non-hydrogen) atoms. The lowest BCUT2D eigenvalue weighted by atomic mass is 10.2. The van der Waals surface area contributed by atoms with Crippen LogP contribution in [0.3, 0.4) is 0 Å². The van der Waals surface area contributed by atoms with Crippen LogP contribution in [0.25, 0.3) is 0 Å². The third kappa shape index (κ3) is 6.65. The van der Waals surface area contributed by atoms with E-state index in [2.05, 4.69) is 25.0 Å². The quantitative estimate of drug-likeness (QED) is 0.307. The van der Waals surface area contributed by atoms with Crippen molar-refractivity contribution in [3.8, 4) is 0 Å². The maximum atomic E-state index is 11.8. The van der Waals surface area contributed by atoms with Gasteiger partial charge in [0.2, 0.25) is 10.0 Å². The van der Waals surface area contributed by atoms with Crippen LogP contribution in [0, 0.1) is 0 Å². The fourth-order valence-corrected chi connectivity index (χ4v) is 3.88. The Labute approximate surface area is 195 Å². The summed E-state index contributed by atoms with van der Waals surface area (Å²) in [4.78, 5) is 9.59. The molecule has 2 heterocycles. The highest BCUT2D eigenvalue weighted by atomic mass is 127. The van der Waals surface area contributed by atoms with E-state index in [1.54, 1.807) is 30.5 Å². The Morgan fingerprint density at radius 1 is 1.17 bits per heavy atom. The van der Waals surface area contributed by atoms with Crippen LogP contribution in [0.5, 0.6) is 0 Å². The van der Waals surface area contributed by atoms with E-state index in [0.29, 0.717) is 6.54 Å². The van der Waals surface area contributed by atoms with Gasteiger partial charge in [0.25, 0.3) is 0 Å². The summed E-state index contributed by atoms with van der Waals surface area (Å²) in [5.74, 6) is 0.875. The first-order valence-electron chi connectivity index (χ1n) is 9.69. The van der Waals surface area contributed by atoms with Gasteiger partial charge in [0.1, 0.15) is 6.26 Å². The van der Waals surface area contributed by atoms with Crippen molar-refractivity contribution in [3.63, 3.8) is 0 Å². The van der Waals surface area contributed by atoms with Gasteiger partial charge in [0.15, 0.2) is 5.96 Å². The summed E-state index contributed by atoms with van der Waals surface area (Å²) < 4.78 is 30.9. The van der Waals surface area contributed by atoms with Crippen molar-refractivity contribution in [1.82, 2.24) is 25.0 Å². The molecule has 0 radical (unpaired) electrons. The minimum absolute atomic E-state index is 0. The van der Waals surface area contributed by atoms with Crippen molar-refractivity contribution in [2.75, 3.05) is 39.8 Å². The molecule has 166 valence electrons. The number of guanidine groups is 1. The van der Waals surface area contributed by atoms with Crippen LogP contribution in [0.4, 0.5) is 0 Å². The zero-order chi connectivity index (χ0) is 20.7. The number of nitrogens with zero attached hydrogens (tertiary/aromatic N) is 4. The Hall–Kier alpha value is -1.70. The molecule has 2 N–H and O–H groups in total. The minimum Gasteiger partial charge on any atom is -0.364 e. The maximum Gasteiger partial charge on any atom is 0.240 e. The van der Waals surface area contributed by atoms with Gasteiger partial charge in [-0.3, -0.25) is 4.90 Å². The van der Waals surface area contributed by atoms with E-state index < -0.39 is 10.0 Å². The van der Waals surface area contributed by atoms with Crippen LogP contribution in [0.15, 0.2) is 51.0 Å². The Morgan fingerprint density at radius 3 is 2.43 bits per heavy atom. The summed E-state index contributed by atoms with van der Waals surface area (Å²) in [6.45, 7) is 7.72. The van der Waals surface area contributed by atoms with E-state index in [-0.39, 0.29) is 28.9 Å². The first kappa shape index (κ1) is 24.6. The first-order valence-corrected chi connectivity index (χ1v) is 11.2. The molecule has 0 spiro atoms. The molecular formula is C19H29IN6O3S. The topological polar surface area (TPSA) is 103 Å². The average Bonchev–Trinajstić information content (AvgIpc) is 3.25. The Morgan fingerprint density at radius 2 is 1.87 bits per heavy atom. The van der Waals surface area contributed by atoms with Crippen molar-refractivity contribution in [2.45, 2.75) is 24.9 Å². The largest absolute Gasteiger partial charge is 0.364 e. The number of aliphatic imine (C=N–C) groups is 1. The first-order chi connectivity index (χ1) is 14.0. The summed E-state index contributed by atoms with van der Waals surface area (Å²) in [5, 5.41) is 7.33. The molecule has 2 aromatic rings. The average molecular weight is 548 g/mol. The fraction of sp³-hybridized carbons (Fsp3) is 0.474. The van der Waals surface area contributed by atoms with Gasteiger partial charge in [-0.2, -0.15) is 0 Å². The number of aromatic nitrogens is 1. The highest BCUT2D eigenvalue weighted by Gasteiger charge is 2.20. The van der Waals surface area contributed by atoms with E-state index in [9.17, 15) is 8.42 Å². The monoisotopic (exact) mass is 548 g/mol. The maximum absolute atomic E-state index is 11.8. The second-order valence-electron chi connectivity index (χ2n) is 6.78. The molecule has 1 aromatic heterocycles. The molecule has 0 amide bonds. The van der Waals surface area contributed by atoms with E-state index in [4.69, 9.17) is 9.52 Å². The van der Waals surface area contributed by atoms with E-state index in [1.807, 2.05) is 13.0 Å². The lowest BCUT2D eigenvalue weighted by molar-refractivity contribution is 0.169. The smallest absolute Gasteiger partial charge is 0.240 e. The number of piperazine rings is 1. The molecule has 0 atom stereocenters. The summed E-state index contributed by atoms with van der Waals surface area (Å²) in [6.07, 6.45) is 1.60. The molecule has 1 saturated heterocycles. The SMILES string of the molecule is CCNC(=NCc1ccc(S(=O)(=O)NC)cc1)N1CCN(Cc2ccon2)CC1.I. The molecule has 1 aliphatic rings. The van der Waals surface area contributed by atoms with Gasteiger partial charge in [-0.15, -0.1) is 24.0 Å². The number of rotatable bonds is 7. The third-order valence-electron chi connectivity index (χ3n) is 4.80. The summed E-state index contributed by atoms with van der Waals surface area (Å²) in [7, 11) is -2.01. The predicted molar refractivity (Wildman–Crippen MR) is 126 cm³/mol. The molecule has 1 aliphatic heterocycles. The molecule has 9 nitrogen and oxygen atoms in total. The summed E-state index contributed by atoms with van der Waals surface area (Å²) in [6, 6.07) is 8.70. The minimum atomic E-state index is -3.42. The van der Waals surface area contributed by atoms with Gasteiger partial charge in [-0.1, -0.05) is 17.3 Å². The van der Waals surface area contributed by atoms with Crippen LogP contribution >= 0.6 is 24.0 Å². The predicted octanol–water partition coefficient (Wildman–Crippen LogP) is 1.48. The highest BCUT2D eigenvalue weighted by Crippen LogP contribution is 2.12. The van der Waals surface area contributed by atoms with E-state index in [0.717, 1.165) is 56.5 Å².